The number of fused-ring (bicyclic) bond motifs is 1. The number of aryl methyl sites for hydroxylation is 2. The Hall–Kier alpha value is -2.54. The van der Waals surface area contributed by atoms with E-state index in [1.165, 1.54) is 4.31 Å². The summed E-state index contributed by atoms with van der Waals surface area (Å²) in [6.45, 7) is 10.00. The summed E-state index contributed by atoms with van der Waals surface area (Å²) in [7, 11) is -3.58. The number of amides is 1. The number of rotatable bonds is 3. The van der Waals surface area contributed by atoms with Crippen molar-refractivity contribution >= 4 is 27.3 Å². The van der Waals surface area contributed by atoms with Gasteiger partial charge in [0.2, 0.25) is 10.0 Å². The molecule has 1 atom stereocenters. The summed E-state index contributed by atoms with van der Waals surface area (Å²) in [6, 6.07) is 11.2. The van der Waals surface area contributed by atoms with Crippen molar-refractivity contribution in [2.45, 2.75) is 46.1 Å². The van der Waals surface area contributed by atoms with E-state index in [9.17, 15) is 13.2 Å². The quantitative estimate of drug-likeness (QED) is 0.826. The molecule has 1 aliphatic heterocycles. The average Bonchev–Trinajstić information content (AvgIpc) is 2.61. The predicted molar refractivity (Wildman–Crippen MR) is 116 cm³/mol. The number of anilines is 2. The molecule has 1 N–H and O–H groups in total. The van der Waals surface area contributed by atoms with Crippen LogP contribution in [-0.2, 0) is 20.2 Å². The van der Waals surface area contributed by atoms with Gasteiger partial charge >= 0.3 is 0 Å². The van der Waals surface area contributed by atoms with E-state index in [4.69, 9.17) is 4.74 Å². The molecule has 7 heteroatoms. The van der Waals surface area contributed by atoms with Gasteiger partial charge in [-0.25, -0.2) is 8.42 Å². The fourth-order valence-corrected chi connectivity index (χ4v) is 4.24. The summed E-state index contributed by atoms with van der Waals surface area (Å²) in [6.07, 6.45) is 0.198. The molecule has 29 heavy (non-hydrogen) atoms. The number of nitrogens with zero attached hydrogens (tertiary/aromatic N) is 1. The standard InChI is InChI=1S/C22H28N2O4S/c1-14-7-9-17(15(2)11-14)23-21(25)20-13-24(29(6,26)27)18-12-16(22(3,4)5)8-10-19(18)28-20/h7-12,20H,13H2,1-6H3,(H,23,25). The zero-order valence-corrected chi connectivity index (χ0v) is 18.6. The Bertz CT molecular complexity index is 1050. The maximum absolute atomic E-state index is 12.9. The highest BCUT2D eigenvalue weighted by atomic mass is 32.2. The molecular formula is C22H28N2O4S. The molecule has 1 amide bonds. The molecule has 0 aromatic heterocycles. The number of nitrogens with one attached hydrogen (secondary N) is 1. The van der Waals surface area contributed by atoms with Crippen molar-refractivity contribution in [2.24, 2.45) is 0 Å². The fourth-order valence-electron chi connectivity index (χ4n) is 3.34. The largest absolute Gasteiger partial charge is 0.476 e. The maximum atomic E-state index is 12.9. The zero-order chi connectivity index (χ0) is 21.6. The van der Waals surface area contributed by atoms with Crippen LogP contribution < -0.4 is 14.4 Å². The highest BCUT2D eigenvalue weighted by Gasteiger charge is 2.36. The molecule has 3 rings (SSSR count). The molecule has 2 aromatic carbocycles. The Kier molecular flexibility index (Phi) is 5.38. The average molecular weight is 417 g/mol. The third-order valence-corrected chi connectivity index (χ3v) is 6.17. The molecule has 2 aromatic rings. The zero-order valence-electron chi connectivity index (χ0n) is 17.7. The lowest BCUT2D eigenvalue weighted by Gasteiger charge is -2.35. The number of hydrogen-bond acceptors (Lipinski definition) is 4. The van der Waals surface area contributed by atoms with E-state index >= 15 is 0 Å². The Morgan fingerprint density at radius 3 is 2.41 bits per heavy atom. The number of carbonyl (C=O) groups is 1. The van der Waals surface area contributed by atoms with Crippen LogP contribution in [0.25, 0.3) is 0 Å². The van der Waals surface area contributed by atoms with Crippen molar-refractivity contribution in [3.8, 4) is 5.75 Å². The van der Waals surface area contributed by atoms with E-state index in [2.05, 4.69) is 26.1 Å². The number of carbonyl (C=O) groups excluding carboxylic acids is 1. The van der Waals surface area contributed by atoms with Crippen LogP contribution in [0.15, 0.2) is 36.4 Å². The topological polar surface area (TPSA) is 75.7 Å². The second-order valence-electron chi connectivity index (χ2n) is 8.64. The van der Waals surface area contributed by atoms with E-state index in [-0.39, 0.29) is 17.9 Å². The Balaban J connectivity index is 1.93. The molecule has 1 aliphatic rings. The fraction of sp³-hybridized carbons (Fsp3) is 0.409. The van der Waals surface area contributed by atoms with Crippen molar-refractivity contribution < 1.29 is 17.9 Å². The summed E-state index contributed by atoms with van der Waals surface area (Å²) in [5, 5.41) is 2.86. The van der Waals surface area contributed by atoms with Crippen molar-refractivity contribution in [3.63, 3.8) is 0 Å². The van der Waals surface area contributed by atoms with E-state index in [1.54, 1.807) is 6.07 Å². The number of sulfonamides is 1. The van der Waals surface area contributed by atoms with Crippen LogP contribution in [0.4, 0.5) is 11.4 Å². The third-order valence-electron chi connectivity index (χ3n) is 5.03. The summed E-state index contributed by atoms with van der Waals surface area (Å²) in [5.41, 5.74) is 4.03. The van der Waals surface area contributed by atoms with Gasteiger partial charge in [-0.1, -0.05) is 44.5 Å². The second kappa shape index (κ2) is 7.37. The van der Waals surface area contributed by atoms with Gasteiger partial charge in [0.15, 0.2) is 6.10 Å². The lowest BCUT2D eigenvalue weighted by atomic mass is 9.86. The minimum atomic E-state index is -3.58. The first kappa shape index (κ1) is 21.2. The Labute approximate surface area is 172 Å². The van der Waals surface area contributed by atoms with Crippen LogP contribution in [-0.4, -0.2) is 33.2 Å². The second-order valence-corrected chi connectivity index (χ2v) is 10.5. The number of benzene rings is 2. The minimum absolute atomic E-state index is 0.0732. The molecule has 0 bridgehead atoms. The Morgan fingerprint density at radius 2 is 1.83 bits per heavy atom. The van der Waals surface area contributed by atoms with Crippen LogP contribution in [0.5, 0.6) is 5.75 Å². The lowest BCUT2D eigenvalue weighted by Crippen LogP contribution is -2.48. The van der Waals surface area contributed by atoms with Gasteiger partial charge in [0.1, 0.15) is 5.75 Å². The normalized spacial score (nSPS) is 16.8. The highest BCUT2D eigenvalue weighted by molar-refractivity contribution is 7.92. The predicted octanol–water partition coefficient (Wildman–Crippen LogP) is 3.77. The third kappa shape index (κ3) is 4.56. The van der Waals surface area contributed by atoms with Crippen LogP contribution in [0.1, 0.15) is 37.5 Å². The molecule has 0 fully saturated rings. The molecule has 0 saturated heterocycles. The number of ether oxygens (including phenoxy) is 1. The molecule has 156 valence electrons. The Morgan fingerprint density at radius 1 is 1.14 bits per heavy atom. The molecule has 6 nitrogen and oxygen atoms in total. The van der Waals surface area contributed by atoms with Gasteiger partial charge in [-0.2, -0.15) is 0 Å². The lowest BCUT2D eigenvalue weighted by molar-refractivity contribution is -0.122. The molecule has 1 unspecified atom stereocenters. The van der Waals surface area contributed by atoms with Crippen molar-refractivity contribution in [2.75, 3.05) is 22.4 Å². The summed E-state index contributed by atoms with van der Waals surface area (Å²) in [5.74, 6) is 0.00611. The molecule has 0 radical (unpaired) electrons. The monoisotopic (exact) mass is 416 g/mol. The van der Waals surface area contributed by atoms with Crippen LogP contribution in [0.3, 0.4) is 0 Å². The van der Waals surface area contributed by atoms with E-state index in [0.717, 1.165) is 22.9 Å². The molecule has 0 saturated carbocycles. The first-order chi connectivity index (χ1) is 13.4. The first-order valence-electron chi connectivity index (χ1n) is 9.53. The van der Waals surface area contributed by atoms with Gasteiger partial charge in [-0.05, 0) is 48.6 Å². The molecule has 0 aliphatic carbocycles. The van der Waals surface area contributed by atoms with Crippen molar-refractivity contribution in [1.29, 1.82) is 0 Å². The van der Waals surface area contributed by atoms with Crippen LogP contribution in [0, 0.1) is 13.8 Å². The minimum Gasteiger partial charge on any atom is -0.476 e. The summed E-state index contributed by atoms with van der Waals surface area (Å²) >= 11 is 0. The van der Waals surface area contributed by atoms with Crippen LogP contribution in [0.2, 0.25) is 0 Å². The molecule has 1 heterocycles. The van der Waals surface area contributed by atoms with Gasteiger partial charge in [-0.15, -0.1) is 0 Å². The van der Waals surface area contributed by atoms with Crippen molar-refractivity contribution in [1.82, 2.24) is 0 Å². The van der Waals surface area contributed by atoms with Gasteiger partial charge < -0.3 is 10.1 Å². The van der Waals surface area contributed by atoms with E-state index in [1.807, 2.05) is 44.2 Å². The van der Waals surface area contributed by atoms with Gasteiger partial charge in [0, 0.05) is 5.69 Å². The molecule has 0 spiro atoms. The smallest absolute Gasteiger partial charge is 0.267 e. The maximum Gasteiger partial charge on any atom is 0.267 e. The van der Waals surface area contributed by atoms with Crippen molar-refractivity contribution in [3.05, 3.63) is 53.1 Å². The van der Waals surface area contributed by atoms with Gasteiger partial charge in [0.05, 0.1) is 18.5 Å². The SMILES string of the molecule is Cc1ccc(NC(=O)C2CN(S(C)(=O)=O)c3cc(C(C)(C)C)ccc3O2)c(C)c1. The summed E-state index contributed by atoms with van der Waals surface area (Å²) < 4.78 is 32.1. The van der Waals surface area contributed by atoms with Gasteiger partial charge in [-0.3, -0.25) is 9.10 Å². The van der Waals surface area contributed by atoms with E-state index in [0.29, 0.717) is 17.1 Å². The summed E-state index contributed by atoms with van der Waals surface area (Å²) in [4.78, 5) is 12.9. The van der Waals surface area contributed by atoms with E-state index < -0.39 is 16.1 Å². The number of hydrogen-bond donors (Lipinski definition) is 1. The highest BCUT2D eigenvalue weighted by Crippen LogP contribution is 2.38. The van der Waals surface area contributed by atoms with Gasteiger partial charge in [0.25, 0.3) is 5.91 Å². The van der Waals surface area contributed by atoms with Crippen LogP contribution >= 0.6 is 0 Å². The first-order valence-corrected chi connectivity index (χ1v) is 11.4. The molecular weight excluding hydrogens is 388 g/mol.